The second-order valence-electron chi connectivity index (χ2n) is 21.3. The highest BCUT2D eigenvalue weighted by atomic mass is 16.3. The van der Waals surface area contributed by atoms with Crippen LogP contribution in [0.25, 0.3) is 99.8 Å². The smallest absolute Gasteiger partial charge is 0.136 e. The fraction of sp³-hybridized carbons (Fsp3) is 0.0833. The van der Waals surface area contributed by atoms with Gasteiger partial charge >= 0.3 is 0 Å². The molecular weight excluding hydrogens is 895 g/mol. The van der Waals surface area contributed by atoms with Gasteiger partial charge in [-0.3, -0.25) is 0 Å². The number of anilines is 3. The van der Waals surface area contributed by atoms with E-state index < -0.39 is 0 Å². The fourth-order valence-electron chi connectivity index (χ4n) is 12.2. The maximum Gasteiger partial charge on any atom is 0.136 e. The lowest BCUT2D eigenvalue weighted by molar-refractivity contribution is 0.652. The first-order valence-electron chi connectivity index (χ1n) is 25.9. The average molecular weight is 948 g/mol. The second kappa shape index (κ2) is 16.8. The van der Waals surface area contributed by atoms with Gasteiger partial charge in [0.1, 0.15) is 11.2 Å². The van der Waals surface area contributed by atoms with E-state index in [1.807, 2.05) is 6.07 Å². The van der Waals surface area contributed by atoms with Gasteiger partial charge < -0.3 is 9.32 Å². The molecule has 1 aromatic heterocycles. The van der Waals surface area contributed by atoms with Crippen LogP contribution in [0.5, 0.6) is 0 Å². The Labute approximate surface area is 433 Å². The van der Waals surface area contributed by atoms with Gasteiger partial charge in [0.2, 0.25) is 0 Å². The van der Waals surface area contributed by atoms with Crippen LogP contribution < -0.4 is 4.90 Å². The number of fused-ring (bicyclic) bond motifs is 9. The zero-order chi connectivity index (χ0) is 49.7. The van der Waals surface area contributed by atoms with E-state index in [0.29, 0.717) is 0 Å². The van der Waals surface area contributed by atoms with Crippen LogP contribution in [0.3, 0.4) is 0 Å². The number of rotatable bonds is 8. The Morgan fingerprint density at radius 2 is 0.608 bits per heavy atom. The third-order valence-corrected chi connectivity index (χ3v) is 16.3. The highest BCUT2D eigenvalue weighted by molar-refractivity contribution is 6.06. The average Bonchev–Trinajstić information content (AvgIpc) is 4.03. The van der Waals surface area contributed by atoms with E-state index >= 15 is 0 Å². The van der Waals surface area contributed by atoms with Crippen LogP contribution in [0.1, 0.15) is 49.9 Å². The molecule has 2 heteroatoms. The van der Waals surface area contributed by atoms with E-state index in [0.717, 1.165) is 39.0 Å². The van der Waals surface area contributed by atoms with E-state index in [9.17, 15) is 0 Å². The van der Waals surface area contributed by atoms with Gasteiger partial charge in [0, 0.05) is 38.7 Å². The predicted octanol–water partition coefficient (Wildman–Crippen LogP) is 20.0. The number of para-hydroxylation sites is 1. The molecule has 1 heterocycles. The number of nitrogens with zero attached hydrogens (tertiary/aromatic N) is 1. The minimum absolute atomic E-state index is 0.186. The molecule has 0 atom stereocenters. The molecule has 2 nitrogen and oxygen atoms in total. The normalized spacial score (nSPS) is 13.6. The van der Waals surface area contributed by atoms with Crippen molar-refractivity contribution in [3.8, 4) is 77.9 Å². The Kier molecular flexibility index (Phi) is 9.94. The summed E-state index contributed by atoms with van der Waals surface area (Å²) in [4.78, 5) is 2.42. The Morgan fingerprint density at radius 1 is 0.257 bits per heavy atom. The standard InChI is InChI=1S/C72H53NO/c1-71(2)65-41-54(55-32-39-62-61-17-11-12-18-69(61)74-70(62)42-55)31-38-59(65)63-44-68-64(45-67(63)71)60-40-37-58(43-66(60)72(68,3)4)73(56-33-27-52(28-34-56)50-23-19-48(20-24-50)46-13-7-5-8-14-46)57-35-29-53(30-36-57)51-25-21-49(22-26-51)47-15-9-6-10-16-47/h5-45H,1-4H3. The first kappa shape index (κ1) is 43.8. The van der Waals surface area contributed by atoms with E-state index in [1.54, 1.807) is 0 Å². The van der Waals surface area contributed by atoms with Gasteiger partial charge in [-0.2, -0.15) is 0 Å². The van der Waals surface area contributed by atoms with Gasteiger partial charge in [-0.05, 0) is 173 Å². The summed E-state index contributed by atoms with van der Waals surface area (Å²) in [6, 6.07) is 91.4. The maximum absolute atomic E-state index is 6.32. The van der Waals surface area contributed by atoms with Gasteiger partial charge in [-0.25, -0.2) is 0 Å². The molecule has 0 radical (unpaired) electrons. The predicted molar refractivity (Wildman–Crippen MR) is 311 cm³/mol. The van der Waals surface area contributed by atoms with Crippen molar-refractivity contribution < 1.29 is 4.42 Å². The number of furan rings is 1. The summed E-state index contributed by atoms with van der Waals surface area (Å²) in [5.74, 6) is 0. The van der Waals surface area contributed by atoms with Crippen LogP contribution in [0, 0.1) is 0 Å². The fourth-order valence-corrected chi connectivity index (χ4v) is 12.2. The van der Waals surface area contributed by atoms with Crippen LogP contribution in [-0.4, -0.2) is 0 Å². The Bertz CT molecular complexity index is 4000. The molecule has 74 heavy (non-hydrogen) atoms. The van der Waals surface area contributed by atoms with E-state index in [4.69, 9.17) is 4.42 Å². The highest BCUT2D eigenvalue weighted by Gasteiger charge is 2.42. The first-order chi connectivity index (χ1) is 36.2. The molecule has 0 spiro atoms. The molecule has 0 fully saturated rings. The van der Waals surface area contributed by atoms with E-state index in [1.165, 1.54) is 100 Å². The third-order valence-electron chi connectivity index (χ3n) is 16.3. The summed E-state index contributed by atoms with van der Waals surface area (Å²) in [6.45, 7) is 9.61. The molecule has 12 aromatic rings. The van der Waals surface area contributed by atoms with Crippen LogP contribution in [0.4, 0.5) is 17.1 Å². The van der Waals surface area contributed by atoms with E-state index in [2.05, 4.69) is 275 Å². The molecule has 0 aliphatic heterocycles. The van der Waals surface area contributed by atoms with Crippen LogP contribution in [-0.2, 0) is 10.8 Å². The molecule has 0 saturated heterocycles. The van der Waals surface area contributed by atoms with Crippen LogP contribution in [0.15, 0.2) is 253 Å². The van der Waals surface area contributed by atoms with Crippen molar-refractivity contribution >= 4 is 39.0 Å². The zero-order valence-electron chi connectivity index (χ0n) is 42.0. The van der Waals surface area contributed by atoms with Gasteiger partial charge in [0.05, 0.1) is 0 Å². The Hall–Kier alpha value is -8.98. The first-order valence-corrected chi connectivity index (χ1v) is 25.9. The Balaban J connectivity index is 0.813. The minimum atomic E-state index is -0.234. The van der Waals surface area contributed by atoms with Crippen molar-refractivity contribution in [2.75, 3.05) is 4.90 Å². The van der Waals surface area contributed by atoms with Gasteiger partial charge in [0.15, 0.2) is 0 Å². The van der Waals surface area contributed by atoms with Crippen molar-refractivity contribution in [1.82, 2.24) is 0 Å². The molecule has 0 saturated carbocycles. The molecule has 11 aromatic carbocycles. The quantitative estimate of drug-likeness (QED) is 0.151. The van der Waals surface area contributed by atoms with Crippen molar-refractivity contribution in [1.29, 1.82) is 0 Å². The molecule has 0 amide bonds. The molecule has 2 aliphatic carbocycles. The van der Waals surface area contributed by atoms with Crippen molar-refractivity contribution in [3.63, 3.8) is 0 Å². The van der Waals surface area contributed by atoms with Crippen molar-refractivity contribution in [3.05, 3.63) is 271 Å². The second-order valence-corrected chi connectivity index (χ2v) is 21.3. The summed E-state index contributed by atoms with van der Waals surface area (Å²) in [5, 5.41) is 2.31. The molecule has 0 unspecified atom stereocenters. The summed E-state index contributed by atoms with van der Waals surface area (Å²) in [6.07, 6.45) is 0. The number of hydrogen-bond donors (Lipinski definition) is 0. The number of benzene rings is 11. The maximum atomic E-state index is 6.32. The lowest BCUT2D eigenvalue weighted by Gasteiger charge is -2.28. The summed E-state index contributed by atoms with van der Waals surface area (Å²) in [7, 11) is 0. The summed E-state index contributed by atoms with van der Waals surface area (Å²) in [5.41, 5.74) is 27.6. The van der Waals surface area contributed by atoms with Crippen LogP contribution >= 0.6 is 0 Å². The molecular formula is C72H53NO. The van der Waals surface area contributed by atoms with Gasteiger partial charge in [-0.15, -0.1) is 0 Å². The lowest BCUT2D eigenvalue weighted by atomic mass is 9.79. The monoisotopic (exact) mass is 947 g/mol. The molecule has 352 valence electrons. The van der Waals surface area contributed by atoms with Crippen LogP contribution in [0.2, 0.25) is 0 Å². The van der Waals surface area contributed by atoms with Gasteiger partial charge in [-0.1, -0.05) is 204 Å². The van der Waals surface area contributed by atoms with E-state index in [-0.39, 0.29) is 10.8 Å². The molecule has 2 aliphatic rings. The molecule has 0 bridgehead atoms. The minimum Gasteiger partial charge on any atom is -0.456 e. The van der Waals surface area contributed by atoms with Gasteiger partial charge in [0.25, 0.3) is 0 Å². The van der Waals surface area contributed by atoms with Crippen molar-refractivity contribution in [2.24, 2.45) is 0 Å². The SMILES string of the molecule is CC1(C)c2cc(-c3ccc4c(c3)oc3ccccc34)ccc2-c2cc3c(cc21)-c1ccc(N(c2ccc(-c4ccc(-c5ccccc5)cc4)cc2)c2ccc(-c4ccc(-c5ccccc5)cc4)cc2)cc1C3(C)C. The lowest BCUT2D eigenvalue weighted by Crippen LogP contribution is -2.17. The topological polar surface area (TPSA) is 16.4 Å². The molecule has 0 N–H and O–H groups in total. The number of hydrogen-bond acceptors (Lipinski definition) is 2. The largest absolute Gasteiger partial charge is 0.456 e. The molecule has 14 rings (SSSR count). The Morgan fingerprint density at radius 3 is 1.12 bits per heavy atom. The summed E-state index contributed by atoms with van der Waals surface area (Å²) >= 11 is 0. The third kappa shape index (κ3) is 7.08. The highest BCUT2D eigenvalue weighted by Crippen LogP contribution is 2.57. The zero-order valence-corrected chi connectivity index (χ0v) is 42.0. The van der Waals surface area contributed by atoms with Crippen molar-refractivity contribution in [2.45, 2.75) is 38.5 Å². The summed E-state index contributed by atoms with van der Waals surface area (Å²) < 4.78 is 6.32.